The minimum absolute atomic E-state index is 0.228. The number of hydrogen-bond donors (Lipinski definition) is 1. The van der Waals surface area contributed by atoms with Gasteiger partial charge >= 0.3 is 0 Å². The van der Waals surface area contributed by atoms with Crippen molar-refractivity contribution in [3.63, 3.8) is 0 Å². The molecule has 4 aliphatic carbocycles. The highest BCUT2D eigenvalue weighted by atomic mass is 16.3. The second kappa shape index (κ2) is 4.68. The monoisotopic (exact) mass is 299 g/mol. The van der Waals surface area contributed by atoms with Crippen molar-refractivity contribution in [2.45, 2.75) is 63.9 Å². The SMILES string of the molecule is C[C@]12CC[C@H]3[C@@H](CCC4=CC(=O)CC[C@@H]43)[C@@H]1CC[C@]2(O)C#N. The minimum Gasteiger partial charge on any atom is -0.375 e. The quantitative estimate of drug-likeness (QED) is 0.697. The number of rotatable bonds is 0. The van der Waals surface area contributed by atoms with E-state index < -0.39 is 5.60 Å². The van der Waals surface area contributed by atoms with E-state index in [-0.39, 0.29) is 5.41 Å². The van der Waals surface area contributed by atoms with Crippen LogP contribution in [0.3, 0.4) is 0 Å². The van der Waals surface area contributed by atoms with Crippen molar-refractivity contribution in [2.24, 2.45) is 29.1 Å². The number of hydrogen-bond acceptors (Lipinski definition) is 3. The van der Waals surface area contributed by atoms with Gasteiger partial charge in [-0.3, -0.25) is 4.79 Å². The number of carbonyl (C=O) groups is 1. The third-order valence-electron chi connectivity index (χ3n) is 7.64. The predicted molar refractivity (Wildman–Crippen MR) is 82.7 cm³/mol. The summed E-state index contributed by atoms with van der Waals surface area (Å²) in [7, 11) is 0. The molecule has 6 atom stereocenters. The molecule has 0 aromatic carbocycles. The summed E-state index contributed by atoms with van der Waals surface area (Å²) in [6.45, 7) is 2.15. The minimum atomic E-state index is -1.12. The Morgan fingerprint density at radius 2 is 2.00 bits per heavy atom. The molecule has 3 fully saturated rings. The van der Waals surface area contributed by atoms with E-state index >= 15 is 0 Å². The fourth-order valence-electron chi connectivity index (χ4n) is 6.38. The van der Waals surface area contributed by atoms with Crippen LogP contribution in [0.15, 0.2) is 11.6 Å². The smallest absolute Gasteiger partial charge is 0.156 e. The molecule has 0 saturated heterocycles. The molecule has 3 nitrogen and oxygen atoms in total. The van der Waals surface area contributed by atoms with Gasteiger partial charge < -0.3 is 5.11 Å². The number of ketones is 1. The Balaban J connectivity index is 1.65. The summed E-state index contributed by atoms with van der Waals surface area (Å²) in [6, 6.07) is 2.24. The molecule has 22 heavy (non-hydrogen) atoms. The molecule has 0 aromatic heterocycles. The van der Waals surface area contributed by atoms with Crippen LogP contribution in [-0.2, 0) is 4.79 Å². The second-order valence-corrected chi connectivity index (χ2v) is 8.27. The molecule has 4 rings (SSSR count). The van der Waals surface area contributed by atoms with Gasteiger partial charge in [-0.2, -0.15) is 5.26 Å². The molecule has 1 N–H and O–H groups in total. The predicted octanol–water partition coefficient (Wildman–Crippen LogP) is 3.38. The van der Waals surface area contributed by atoms with Gasteiger partial charge in [-0.15, -0.1) is 0 Å². The van der Waals surface area contributed by atoms with Crippen molar-refractivity contribution in [1.82, 2.24) is 0 Å². The zero-order valence-electron chi connectivity index (χ0n) is 13.3. The number of nitrogens with zero attached hydrogens (tertiary/aromatic N) is 1. The first-order valence-electron chi connectivity index (χ1n) is 8.85. The van der Waals surface area contributed by atoms with Crippen molar-refractivity contribution in [3.05, 3.63) is 11.6 Å². The lowest BCUT2D eigenvalue weighted by molar-refractivity contribution is -0.116. The van der Waals surface area contributed by atoms with Crippen molar-refractivity contribution < 1.29 is 9.90 Å². The van der Waals surface area contributed by atoms with E-state index in [0.29, 0.717) is 42.3 Å². The standard InChI is InChI=1S/C19H25NO2/c1-18-8-6-15-14-5-3-13(21)10-12(14)2-4-16(15)17(18)7-9-19(18,22)11-20/h10,14-17,22H,2-9H2,1H3/t14-,15+,16+,17-,18-,19-/m0/s1. The molecule has 0 radical (unpaired) electrons. The van der Waals surface area contributed by atoms with Crippen LogP contribution in [0, 0.1) is 40.4 Å². The molecule has 0 unspecified atom stereocenters. The first kappa shape index (κ1) is 14.5. The van der Waals surface area contributed by atoms with Crippen molar-refractivity contribution >= 4 is 5.78 Å². The van der Waals surface area contributed by atoms with Gasteiger partial charge in [0.1, 0.15) is 0 Å². The van der Waals surface area contributed by atoms with E-state index in [2.05, 4.69) is 13.0 Å². The van der Waals surface area contributed by atoms with Crippen LogP contribution in [-0.4, -0.2) is 16.5 Å². The Bertz CT molecular complexity index is 589. The van der Waals surface area contributed by atoms with Crippen molar-refractivity contribution in [1.29, 1.82) is 5.26 Å². The maximum absolute atomic E-state index is 11.7. The number of allylic oxidation sites excluding steroid dienone is 1. The van der Waals surface area contributed by atoms with Crippen LogP contribution in [0.25, 0.3) is 0 Å². The van der Waals surface area contributed by atoms with Gasteiger partial charge in [0, 0.05) is 11.8 Å². The van der Waals surface area contributed by atoms with Crippen molar-refractivity contribution in [2.75, 3.05) is 0 Å². The summed E-state index contributed by atoms with van der Waals surface area (Å²) in [5, 5.41) is 20.3. The molecule has 4 aliphatic rings. The highest BCUT2D eigenvalue weighted by Crippen LogP contribution is 2.64. The highest BCUT2D eigenvalue weighted by molar-refractivity contribution is 5.91. The third-order valence-corrected chi connectivity index (χ3v) is 7.64. The van der Waals surface area contributed by atoms with Gasteiger partial charge in [0.15, 0.2) is 11.4 Å². The average Bonchev–Trinajstić information content (AvgIpc) is 2.79. The molecule has 0 amide bonds. The van der Waals surface area contributed by atoms with Crippen LogP contribution < -0.4 is 0 Å². The summed E-state index contributed by atoms with van der Waals surface area (Å²) < 4.78 is 0. The number of aliphatic hydroxyl groups is 1. The molecule has 0 spiro atoms. The fourth-order valence-corrected chi connectivity index (χ4v) is 6.38. The number of carbonyl (C=O) groups excluding carboxylic acids is 1. The lowest BCUT2D eigenvalue weighted by Gasteiger charge is -2.54. The van der Waals surface area contributed by atoms with Crippen LogP contribution in [0.1, 0.15) is 58.3 Å². The third kappa shape index (κ3) is 1.74. The molecule has 0 aromatic rings. The van der Waals surface area contributed by atoms with E-state index in [1.54, 1.807) is 0 Å². The summed E-state index contributed by atoms with van der Waals surface area (Å²) in [6.07, 6.45) is 9.56. The average molecular weight is 299 g/mol. The molecular formula is C19H25NO2. The molecule has 3 saturated carbocycles. The summed E-state index contributed by atoms with van der Waals surface area (Å²) in [4.78, 5) is 11.7. The Kier molecular flexibility index (Phi) is 3.07. The van der Waals surface area contributed by atoms with Gasteiger partial charge in [0.2, 0.25) is 0 Å². The Hall–Kier alpha value is -1.14. The Labute approximate surface area is 132 Å². The molecule has 3 heteroatoms. The van der Waals surface area contributed by atoms with Crippen LogP contribution >= 0.6 is 0 Å². The van der Waals surface area contributed by atoms with Crippen LogP contribution in [0.2, 0.25) is 0 Å². The topological polar surface area (TPSA) is 61.1 Å². The first-order valence-corrected chi connectivity index (χ1v) is 8.85. The van der Waals surface area contributed by atoms with E-state index in [1.165, 1.54) is 5.57 Å². The highest BCUT2D eigenvalue weighted by Gasteiger charge is 2.62. The number of nitriles is 1. The number of fused-ring (bicyclic) bond motifs is 5. The lowest BCUT2D eigenvalue weighted by Crippen LogP contribution is -2.52. The molecular weight excluding hydrogens is 274 g/mol. The first-order chi connectivity index (χ1) is 10.5. The maximum atomic E-state index is 11.7. The molecule has 0 aliphatic heterocycles. The molecule has 0 heterocycles. The normalized spacial score (nSPS) is 50.4. The lowest BCUT2D eigenvalue weighted by atomic mass is 9.51. The van der Waals surface area contributed by atoms with Gasteiger partial charge in [0.05, 0.1) is 6.07 Å². The zero-order valence-corrected chi connectivity index (χ0v) is 13.3. The fraction of sp³-hybridized carbons (Fsp3) is 0.789. The second-order valence-electron chi connectivity index (χ2n) is 8.27. The molecule has 118 valence electrons. The van der Waals surface area contributed by atoms with E-state index in [0.717, 1.165) is 38.5 Å². The Morgan fingerprint density at radius 1 is 1.18 bits per heavy atom. The van der Waals surface area contributed by atoms with E-state index in [4.69, 9.17) is 0 Å². The molecule has 0 bridgehead atoms. The largest absolute Gasteiger partial charge is 0.375 e. The summed E-state index contributed by atoms with van der Waals surface area (Å²) >= 11 is 0. The van der Waals surface area contributed by atoms with Gasteiger partial charge in [-0.25, -0.2) is 0 Å². The Morgan fingerprint density at radius 3 is 2.77 bits per heavy atom. The van der Waals surface area contributed by atoms with Crippen molar-refractivity contribution in [3.8, 4) is 6.07 Å². The van der Waals surface area contributed by atoms with Gasteiger partial charge in [-0.05, 0) is 74.7 Å². The zero-order chi connectivity index (χ0) is 15.5. The van der Waals surface area contributed by atoms with E-state index in [1.807, 2.05) is 6.08 Å². The van der Waals surface area contributed by atoms with Gasteiger partial charge in [0.25, 0.3) is 0 Å². The van der Waals surface area contributed by atoms with Crippen LogP contribution in [0.4, 0.5) is 0 Å². The van der Waals surface area contributed by atoms with Crippen LogP contribution in [0.5, 0.6) is 0 Å². The summed E-state index contributed by atoms with van der Waals surface area (Å²) in [5.41, 5.74) is 0.0465. The maximum Gasteiger partial charge on any atom is 0.156 e. The van der Waals surface area contributed by atoms with Gasteiger partial charge in [-0.1, -0.05) is 12.5 Å². The summed E-state index contributed by atoms with van der Waals surface area (Å²) in [5.74, 6) is 2.70. The van der Waals surface area contributed by atoms with E-state index in [9.17, 15) is 15.2 Å².